The molecule has 13 heteroatoms. The Balaban J connectivity index is 1.43. The molecule has 1 aromatic heterocycles. The van der Waals surface area contributed by atoms with E-state index in [1.165, 1.54) is 28.0 Å². The molecule has 10 nitrogen and oxygen atoms in total. The first-order chi connectivity index (χ1) is 21.9. The summed E-state index contributed by atoms with van der Waals surface area (Å²) < 4.78 is 23.5. The van der Waals surface area contributed by atoms with Crippen molar-refractivity contribution in [3.8, 4) is 23.0 Å². The third kappa shape index (κ3) is 6.18. The molecule has 1 fully saturated rings. The molecule has 0 aliphatic carbocycles. The van der Waals surface area contributed by atoms with Gasteiger partial charge in [0, 0.05) is 16.3 Å². The van der Waals surface area contributed by atoms with E-state index in [1.54, 1.807) is 36.4 Å². The number of rotatable bonds is 10. The Hall–Kier alpha value is -4.26. The molecule has 1 atom stereocenters. The number of thioether (sulfide) groups is 1. The van der Waals surface area contributed by atoms with Gasteiger partial charge in [0.25, 0.3) is 5.78 Å². The van der Waals surface area contributed by atoms with Crippen LogP contribution in [0.15, 0.2) is 70.6 Å². The maximum absolute atomic E-state index is 13.7. The van der Waals surface area contributed by atoms with Crippen LogP contribution in [0.25, 0.3) is 5.76 Å². The SMILES string of the molecule is CCOc1ccc([C@H]2/C(=C(\O)c3ccc4c(c3)OCCO4)C(=O)C(=O)N2c2nnc(SCc3ccccc3Cl)s2)cc1OCC. The summed E-state index contributed by atoms with van der Waals surface area (Å²) in [5.74, 6) is 0.388. The van der Waals surface area contributed by atoms with Crippen LogP contribution in [0.2, 0.25) is 5.02 Å². The number of carbonyl (C=O) groups is 2. The lowest BCUT2D eigenvalue weighted by molar-refractivity contribution is -0.132. The van der Waals surface area contributed by atoms with E-state index in [2.05, 4.69) is 10.2 Å². The smallest absolute Gasteiger partial charge is 0.301 e. The Morgan fingerprint density at radius 3 is 2.53 bits per heavy atom. The molecule has 0 spiro atoms. The second-order valence-electron chi connectivity index (χ2n) is 9.83. The Kier molecular flexibility index (Phi) is 9.15. The van der Waals surface area contributed by atoms with Crippen molar-refractivity contribution in [1.29, 1.82) is 0 Å². The number of Topliss-reactive ketones (excluding diaryl/α,β-unsaturated/α-hetero) is 1. The largest absolute Gasteiger partial charge is 0.507 e. The molecule has 0 unspecified atom stereocenters. The molecular weight excluding hydrogens is 638 g/mol. The van der Waals surface area contributed by atoms with Gasteiger partial charge in [0.2, 0.25) is 5.13 Å². The Labute approximate surface area is 272 Å². The lowest BCUT2D eigenvalue weighted by Gasteiger charge is -2.24. The number of benzene rings is 3. The fourth-order valence-corrected chi connectivity index (χ4v) is 7.20. The quantitative estimate of drug-likeness (QED) is 0.0646. The second-order valence-corrected chi connectivity index (χ2v) is 12.4. The molecule has 0 bridgehead atoms. The minimum absolute atomic E-state index is 0.108. The van der Waals surface area contributed by atoms with Crippen LogP contribution in [-0.2, 0) is 15.3 Å². The number of ketones is 1. The van der Waals surface area contributed by atoms with E-state index >= 15 is 0 Å². The predicted molar refractivity (Wildman–Crippen MR) is 172 cm³/mol. The van der Waals surface area contributed by atoms with Gasteiger partial charge in [-0.25, -0.2) is 0 Å². The van der Waals surface area contributed by atoms with Gasteiger partial charge < -0.3 is 24.1 Å². The minimum Gasteiger partial charge on any atom is -0.507 e. The lowest BCUT2D eigenvalue weighted by Crippen LogP contribution is -2.29. The summed E-state index contributed by atoms with van der Waals surface area (Å²) in [5.41, 5.74) is 1.63. The Bertz CT molecular complexity index is 1790. The van der Waals surface area contributed by atoms with E-state index in [4.69, 9.17) is 30.5 Å². The average molecular weight is 666 g/mol. The number of nitrogens with zero attached hydrogens (tertiary/aromatic N) is 3. The lowest BCUT2D eigenvalue weighted by atomic mass is 9.95. The topological polar surface area (TPSA) is 120 Å². The maximum Gasteiger partial charge on any atom is 0.301 e. The molecule has 1 saturated heterocycles. The average Bonchev–Trinajstić information content (AvgIpc) is 3.62. The van der Waals surface area contributed by atoms with Gasteiger partial charge in [-0.3, -0.25) is 14.5 Å². The van der Waals surface area contributed by atoms with Crippen LogP contribution < -0.4 is 23.8 Å². The van der Waals surface area contributed by atoms with Crippen LogP contribution in [0.5, 0.6) is 23.0 Å². The van der Waals surface area contributed by atoms with Crippen molar-refractivity contribution in [1.82, 2.24) is 10.2 Å². The van der Waals surface area contributed by atoms with Gasteiger partial charge in [0.1, 0.15) is 19.0 Å². The molecule has 6 rings (SSSR count). The van der Waals surface area contributed by atoms with Gasteiger partial charge in [-0.1, -0.05) is 59.0 Å². The molecule has 3 aromatic carbocycles. The van der Waals surface area contributed by atoms with E-state index in [1.807, 2.05) is 38.1 Å². The summed E-state index contributed by atoms with van der Waals surface area (Å²) in [6, 6.07) is 16.5. The van der Waals surface area contributed by atoms with Crippen molar-refractivity contribution in [3.63, 3.8) is 0 Å². The first-order valence-electron chi connectivity index (χ1n) is 14.2. The zero-order valence-electron chi connectivity index (χ0n) is 24.3. The molecular formula is C32H28ClN3O7S2. The van der Waals surface area contributed by atoms with Crippen LogP contribution in [-0.4, -0.2) is 53.4 Å². The summed E-state index contributed by atoms with van der Waals surface area (Å²) in [6.45, 7) is 5.25. The standard InChI is InChI=1S/C32H28ClN3O7S2/c1-3-40-22-11-9-18(15-24(22)41-4-2)27-26(28(37)19-10-12-23-25(16-19)43-14-13-42-23)29(38)30(39)36(27)31-34-35-32(45-31)44-17-20-7-5-6-8-21(20)33/h5-12,15-16,27,37H,3-4,13-14,17H2,1-2H3/b28-26+/t27-/m0/s1. The maximum atomic E-state index is 13.7. The number of amides is 1. The van der Waals surface area contributed by atoms with E-state index < -0.39 is 17.7 Å². The van der Waals surface area contributed by atoms with Gasteiger partial charge in [-0.15, -0.1) is 10.2 Å². The number of halogens is 1. The highest BCUT2D eigenvalue weighted by atomic mass is 35.5. The Morgan fingerprint density at radius 1 is 1.00 bits per heavy atom. The summed E-state index contributed by atoms with van der Waals surface area (Å²) in [4.78, 5) is 28.7. The number of hydrogen-bond acceptors (Lipinski definition) is 11. The molecule has 0 saturated carbocycles. The summed E-state index contributed by atoms with van der Waals surface area (Å²) in [7, 11) is 0. The van der Waals surface area contributed by atoms with Crippen molar-refractivity contribution in [2.24, 2.45) is 0 Å². The second kappa shape index (κ2) is 13.4. The van der Waals surface area contributed by atoms with E-state index in [-0.39, 0.29) is 16.5 Å². The molecule has 4 aromatic rings. The molecule has 2 aliphatic heterocycles. The zero-order valence-corrected chi connectivity index (χ0v) is 26.7. The number of fused-ring (bicyclic) bond motifs is 1. The van der Waals surface area contributed by atoms with Crippen molar-refractivity contribution in [2.45, 2.75) is 30.0 Å². The fourth-order valence-electron chi connectivity index (χ4n) is 5.04. The minimum atomic E-state index is -1.04. The molecule has 232 valence electrons. The van der Waals surface area contributed by atoms with Crippen molar-refractivity contribution in [2.75, 3.05) is 31.3 Å². The van der Waals surface area contributed by atoms with E-state index in [0.29, 0.717) is 75.7 Å². The van der Waals surface area contributed by atoms with Crippen LogP contribution in [0, 0.1) is 0 Å². The van der Waals surface area contributed by atoms with Gasteiger partial charge in [-0.2, -0.15) is 0 Å². The zero-order chi connectivity index (χ0) is 31.5. The van der Waals surface area contributed by atoms with Crippen molar-refractivity contribution in [3.05, 3.63) is 87.9 Å². The summed E-state index contributed by atoms with van der Waals surface area (Å²) in [6.07, 6.45) is 0. The molecule has 45 heavy (non-hydrogen) atoms. The van der Waals surface area contributed by atoms with Crippen molar-refractivity contribution < 1.29 is 33.6 Å². The first kappa shape index (κ1) is 30.8. The molecule has 0 radical (unpaired) electrons. The number of aliphatic hydroxyl groups is 1. The van der Waals surface area contributed by atoms with Crippen LogP contribution in [0.4, 0.5) is 5.13 Å². The number of aromatic nitrogens is 2. The molecule has 2 aliphatic rings. The number of aliphatic hydroxyl groups excluding tert-OH is 1. The number of anilines is 1. The number of carbonyl (C=O) groups excluding carboxylic acids is 2. The number of ether oxygens (including phenoxy) is 4. The molecule has 1 amide bonds. The summed E-state index contributed by atoms with van der Waals surface area (Å²) in [5, 5.41) is 21.1. The first-order valence-corrected chi connectivity index (χ1v) is 16.4. The molecule has 1 N–H and O–H groups in total. The third-order valence-corrected chi connectivity index (χ3v) is 9.53. The highest BCUT2D eigenvalue weighted by molar-refractivity contribution is 8.00. The highest BCUT2D eigenvalue weighted by Crippen LogP contribution is 2.46. The monoisotopic (exact) mass is 665 g/mol. The van der Waals surface area contributed by atoms with Crippen LogP contribution >= 0.6 is 34.7 Å². The van der Waals surface area contributed by atoms with Crippen LogP contribution in [0.3, 0.4) is 0 Å². The van der Waals surface area contributed by atoms with Gasteiger partial charge in [-0.05, 0) is 61.4 Å². The van der Waals surface area contributed by atoms with Gasteiger partial charge in [0.05, 0.1) is 24.8 Å². The number of hydrogen-bond donors (Lipinski definition) is 1. The highest BCUT2D eigenvalue weighted by Gasteiger charge is 2.48. The fraction of sp³-hybridized carbons (Fsp3) is 0.250. The van der Waals surface area contributed by atoms with E-state index in [0.717, 1.165) is 5.56 Å². The van der Waals surface area contributed by atoms with Crippen LogP contribution in [0.1, 0.15) is 36.6 Å². The van der Waals surface area contributed by atoms with Gasteiger partial charge >= 0.3 is 5.91 Å². The van der Waals surface area contributed by atoms with E-state index in [9.17, 15) is 14.7 Å². The normalized spacial score (nSPS) is 17.0. The van der Waals surface area contributed by atoms with Crippen molar-refractivity contribution >= 4 is 57.3 Å². The third-order valence-electron chi connectivity index (χ3n) is 7.05. The predicted octanol–water partition coefficient (Wildman–Crippen LogP) is 6.68. The summed E-state index contributed by atoms with van der Waals surface area (Å²) >= 11 is 8.90. The Morgan fingerprint density at radius 2 is 1.76 bits per heavy atom. The molecule has 3 heterocycles. The van der Waals surface area contributed by atoms with Gasteiger partial charge in [0.15, 0.2) is 27.3 Å².